The Morgan fingerprint density at radius 3 is 2.20 bits per heavy atom. The van der Waals surface area contributed by atoms with E-state index in [1.165, 1.54) is 0 Å². The van der Waals surface area contributed by atoms with Gasteiger partial charge in [-0.05, 0) is 12.0 Å². The number of aliphatic hydroxyl groups is 3. The molecule has 2 aliphatic rings. The van der Waals surface area contributed by atoms with Gasteiger partial charge in [-0.2, -0.15) is 0 Å². The first-order valence-corrected chi connectivity index (χ1v) is 10.5. The fourth-order valence-corrected chi connectivity index (χ4v) is 3.89. The van der Waals surface area contributed by atoms with Crippen LogP contribution in [0, 0.1) is 0 Å². The highest BCUT2D eigenvalue weighted by molar-refractivity contribution is 6.22. The SMILES string of the molecule is CCC1(c2ccccc2)C(=O)NC(=O)NC1=O.NC(=O)c1ncn([C@@H]2O[C@H](CO)[C@@H](O)[C@H]2O)c1O. The van der Waals surface area contributed by atoms with E-state index >= 15 is 0 Å². The fourth-order valence-electron chi connectivity index (χ4n) is 3.89. The van der Waals surface area contributed by atoms with E-state index in [2.05, 4.69) is 15.6 Å². The Morgan fingerprint density at radius 1 is 1.14 bits per heavy atom. The van der Waals surface area contributed by atoms with Gasteiger partial charge in [-0.15, -0.1) is 0 Å². The molecule has 1 aromatic carbocycles. The minimum absolute atomic E-state index is 0.294. The van der Waals surface area contributed by atoms with Crippen LogP contribution in [-0.2, 0) is 19.7 Å². The predicted octanol–water partition coefficient (Wildman–Crippen LogP) is -2.00. The molecular weight excluding hydrogens is 466 g/mol. The van der Waals surface area contributed by atoms with Crippen molar-refractivity contribution in [3.63, 3.8) is 0 Å². The van der Waals surface area contributed by atoms with Crippen molar-refractivity contribution in [2.45, 2.75) is 43.3 Å². The van der Waals surface area contributed by atoms with Gasteiger partial charge in [-0.1, -0.05) is 37.3 Å². The second-order valence-corrected chi connectivity index (χ2v) is 7.78. The van der Waals surface area contributed by atoms with Gasteiger partial charge >= 0.3 is 6.03 Å². The van der Waals surface area contributed by atoms with Crippen LogP contribution in [0.15, 0.2) is 36.7 Å². The van der Waals surface area contributed by atoms with Gasteiger partial charge in [-0.3, -0.25) is 29.6 Å². The number of nitrogens with one attached hydrogen (secondary N) is 2. The first kappa shape index (κ1) is 25.8. The topological polar surface area (TPSA) is 226 Å². The van der Waals surface area contributed by atoms with E-state index in [0.29, 0.717) is 12.0 Å². The highest BCUT2D eigenvalue weighted by Crippen LogP contribution is 2.33. The van der Waals surface area contributed by atoms with Crippen molar-refractivity contribution in [3.8, 4) is 5.88 Å². The number of aromatic hydroxyl groups is 1. The maximum Gasteiger partial charge on any atom is 0.328 e. The first-order chi connectivity index (χ1) is 16.6. The molecule has 2 saturated heterocycles. The molecule has 14 heteroatoms. The van der Waals surface area contributed by atoms with Crippen LogP contribution in [-0.4, -0.2) is 78.6 Å². The number of ether oxygens (including phenoxy) is 1. The van der Waals surface area contributed by atoms with Crippen molar-refractivity contribution >= 4 is 23.8 Å². The summed E-state index contributed by atoms with van der Waals surface area (Å²) in [6, 6.07) is 7.96. The Kier molecular flexibility index (Phi) is 7.50. The van der Waals surface area contributed by atoms with Gasteiger partial charge in [-0.25, -0.2) is 9.78 Å². The van der Waals surface area contributed by atoms with Crippen molar-refractivity contribution < 1.29 is 44.3 Å². The Labute approximate surface area is 198 Å². The number of rotatable bonds is 5. The van der Waals surface area contributed by atoms with Gasteiger partial charge in [0.15, 0.2) is 17.3 Å². The van der Waals surface area contributed by atoms with Crippen molar-refractivity contribution in [2.24, 2.45) is 5.73 Å². The normalized spacial score (nSPS) is 25.3. The number of nitrogens with two attached hydrogens (primary N) is 1. The van der Waals surface area contributed by atoms with Gasteiger partial charge < -0.3 is 30.9 Å². The lowest BCUT2D eigenvalue weighted by molar-refractivity contribution is -0.138. The lowest BCUT2D eigenvalue weighted by Crippen LogP contribution is -2.64. The van der Waals surface area contributed by atoms with Gasteiger partial charge in [0.05, 0.1) is 6.61 Å². The van der Waals surface area contributed by atoms with Gasteiger partial charge in [0.2, 0.25) is 17.7 Å². The van der Waals surface area contributed by atoms with Gasteiger partial charge in [0, 0.05) is 0 Å². The van der Waals surface area contributed by atoms with Crippen molar-refractivity contribution in [1.82, 2.24) is 20.2 Å². The number of urea groups is 1. The molecule has 5 amide bonds. The molecule has 0 radical (unpaired) electrons. The smallest absolute Gasteiger partial charge is 0.328 e. The summed E-state index contributed by atoms with van der Waals surface area (Å²) in [5, 5.41) is 42.2. The number of carbonyl (C=O) groups is 4. The molecule has 188 valence electrons. The molecule has 2 aromatic rings. The number of amides is 5. The molecule has 0 saturated carbocycles. The third-order valence-corrected chi connectivity index (χ3v) is 5.82. The quantitative estimate of drug-likeness (QED) is 0.228. The maximum atomic E-state index is 12.0. The Hall–Kier alpha value is -3.85. The Morgan fingerprint density at radius 2 is 1.74 bits per heavy atom. The summed E-state index contributed by atoms with van der Waals surface area (Å²) in [6.07, 6.45) is -3.47. The van der Waals surface area contributed by atoms with E-state index in [1.54, 1.807) is 37.3 Å². The summed E-state index contributed by atoms with van der Waals surface area (Å²) in [5.74, 6) is -2.64. The molecule has 1 aromatic heterocycles. The number of primary amides is 1. The standard InChI is InChI=1S/C12H12N2O3.C9H13N3O6/c1-2-12(8-6-4-3-5-7-8)9(15)13-11(17)14-10(12)16;10-7(16)4-8(17)12(2-11-4)9-6(15)5(14)3(1-13)18-9/h3-7H,2H2,1H3,(H2,13,14,15,16,17);2-3,5-6,9,13-15,17H,1H2,(H2,10,16)/t;3-,5-,6-,9-/m.1/s1. The number of imide groups is 2. The third kappa shape index (κ3) is 4.59. The van der Waals surface area contributed by atoms with E-state index in [4.69, 9.17) is 15.6 Å². The van der Waals surface area contributed by atoms with Crippen molar-refractivity contribution in [1.29, 1.82) is 0 Å². The maximum absolute atomic E-state index is 12.0. The number of nitrogens with zero attached hydrogens (tertiary/aromatic N) is 2. The van der Waals surface area contributed by atoms with Crippen LogP contribution >= 0.6 is 0 Å². The van der Waals surface area contributed by atoms with Crippen LogP contribution in [0.4, 0.5) is 4.79 Å². The second kappa shape index (κ2) is 10.2. The van der Waals surface area contributed by atoms with E-state index in [-0.39, 0.29) is 5.69 Å². The average Bonchev–Trinajstić information content (AvgIpc) is 3.34. The summed E-state index contributed by atoms with van der Waals surface area (Å²) in [4.78, 5) is 49.5. The summed E-state index contributed by atoms with van der Waals surface area (Å²) in [5.41, 5.74) is 3.88. The summed E-state index contributed by atoms with van der Waals surface area (Å²) in [6.45, 7) is 1.24. The number of barbiturate groups is 1. The number of hydrogen-bond donors (Lipinski definition) is 7. The van der Waals surface area contributed by atoms with Crippen LogP contribution in [0.25, 0.3) is 0 Å². The molecule has 0 bridgehead atoms. The number of aromatic nitrogens is 2. The van der Waals surface area contributed by atoms with Crippen LogP contribution in [0.3, 0.4) is 0 Å². The van der Waals surface area contributed by atoms with Crippen molar-refractivity contribution in [3.05, 3.63) is 47.9 Å². The molecule has 2 aliphatic heterocycles. The number of hydrogen-bond acceptors (Lipinski definition) is 10. The van der Waals surface area contributed by atoms with Crippen LogP contribution < -0.4 is 16.4 Å². The van der Waals surface area contributed by atoms with Crippen LogP contribution in [0.5, 0.6) is 5.88 Å². The van der Waals surface area contributed by atoms with E-state index < -0.39 is 66.2 Å². The molecule has 3 heterocycles. The number of aliphatic hydroxyl groups excluding tert-OH is 3. The fraction of sp³-hybridized carbons (Fsp3) is 0.381. The minimum atomic E-state index is -1.37. The zero-order chi connectivity index (χ0) is 25.9. The summed E-state index contributed by atoms with van der Waals surface area (Å²) >= 11 is 0. The third-order valence-electron chi connectivity index (χ3n) is 5.82. The van der Waals surface area contributed by atoms with E-state index in [1.807, 2.05) is 0 Å². The molecule has 4 atom stereocenters. The molecule has 0 unspecified atom stereocenters. The zero-order valence-electron chi connectivity index (χ0n) is 18.5. The monoisotopic (exact) mass is 491 g/mol. The number of carbonyl (C=O) groups excluding carboxylic acids is 4. The Bertz CT molecular complexity index is 1100. The van der Waals surface area contributed by atoms with Gasteiger partial charge in [0.25, 0.3) is 5.91 Å². The summed E-state index contributed by atoms with van der Waals surface area (Å²) < 4.78 is 6.12. The average molecular weight is 491 g/mol. The molecule has 4 rings (SSSR count). The lowest BCUT2D eigenvalue weighted by atomic mass is 9.75. The minimum Gasteiger partial charge on any atom is -0.493 e. The van der Waals surface area contributed by atoms with Gasteiger partial charge in [0.1, 0.15) is 24.6 Å². The predicted molar refractivity (Wildman–Crippen MR) is 116 cm³/mol. The van der Waals surface area contributed by atoms with Crippen molar-refractivity contribution in [2.75, 3.05) is 6.61 Å². The molecular formula is C21H25N5O9. The highest BCUT2D eigenvalue weighted by atomic mass is 16.6. The molecule has 2 fully saturated rings. The van der Waals surface area contributed by atoms with E-state index in [0.717, 1.165) is 10.9 Å². The molecule has 0 aliphatic carbocycles. The Balaban J connectivity index is 0.000000196. The van der Waals surface area contributed by atoms with Crippen LogP contribution in [0.1, 0.15) is 35.6 Å². The largest absolute Gasteiger partial charge is 0.493 e. The zero-order valence-corrected chi connectivity index (χ0v) is 18.5. The number of imidazole rings is 1. The molecule has 0 spiro atoms. The summed E-state index contributed by atoms with van der Waals surface area (Å²) in [7, 11) is 0. The molecule has 35 heavy (non-hydrogen) atoms. The second-order valence-electron chi connectivity index (χ2n) is 7.78. The first-order valence-electron chi connectivity index (χ1n) is 10.5. The molecule has 8 N–H and O–H groups in total. The van der Waals surface area contributed by atoms with E-state index in [9.17, 15) is 34.5 Å². The highest BCUT2D eigenvalue weighted by Gasteiger charge is 2.50. The van der Waals surface area contributed by atoms with Crippen LogP contribution in [0.2, 0.25) is 0 Å². The number of benzene rings is 1. The molecule has 14 nitrogen and oxygen atoms in total. The lowest BCUT2D eigenvalue weighted by Gasteiger charge is -2.33.